The third-order valence-corrected chi connectivity index (χ3v) is 7.29. The molecular weight excluding hydrogens is 811 g/mol. The van der Waals surface area contributed by atoms with Crippen LogP contribution in [0.2, 0.25) is 0 Å². The second-order valence-electron chi connectivity index (χ2n) is 8.11. The van der Waals surface area contributed by atoms with E-state index in [9.17, 15) is 57.9 Å². The van der Waals surface area contributed by atoms with Gasteiger partial charge in [-0.3, -0.25) is 9.59 Å². The van der Waals surface area contributed by atoms with Crippen LogP contribution in [0.4, 0.5) is 59.7 Å². The van der Waals surface area contributed by atoms with Crippen molar-refractivity contribution < 1.29 is 57.9 Å². The van der Waals surface area contributed by atoms with Crippen LogP contribution >= 0.6 is 45.5 Å². The molecule has 41 heavy (non-hydrogen) atoms. The second kappa shape index (κ2) is 11.5. The van der Waals surface area contributed by atoms with Gasteiger partial charge in [0.25, 0.3) is 11.8 Å². The van der Waals surface area contributed by atoms with Crippen LogP contribution in [0, 0.1) is 15.2 Å². The summed E-state index contributed by atoms with van der Waals surface area (Å²) < 4.78 is 149. The number of anilines is 2. The predicted octanol–water partition coefficient (Wildman–Crippen LogP) is 8.74. The Morgan fingerprint density at radius 3 is 1.83 bits per heavy atom. The molecule has 1 atom stereocenters. The van der Waals surface area contributed by atoms with Crippen molar-refractivity contribution in [3.63, 3.8) is 0 Å². The van der Waals surface area contributed by atoms with E-state index in [0.717, 1.165) is 27.4 Å². The van der Waals surface area contributed by atoms with Gasteiger partial charge in [-0.25, -0.2) is 16.3 Å². The molecule has 0 saturated carbocycles. The summed E-state index contributed by atoms with van der Waals surface area (Å²) in [5.41, 5.74) is -9.75. The van der Waals surface area contributed by atoms with Crippen molar-refractivity contribution in [3.8, 4) is 0 Å². The average molecular weight is 822 g/mol. The number of rotatable bonds is 6. The molecule has 0 saturated heterocycles. The summed E-state index contributed by atoms with van der Waals surface area (Å²) in [7, 11) is 0. The first-order valence-corrected chi connectivity index (χ1v) is 12.6. The van der Waals surface area contributed by atoms with Gasteiger partial charge in [-0.15, -0.1) is 0 Å². The highest BCUT2D eigenvalue weighted by Crippen LogP contribution is 2.58. The molecule has 0 fully saturated rings. The van der Waals surface area contributed by atoms with Crippen molar-refractivity contribution in [2.45, 2.75) is 23.9 Å². The first-order chi connectivity index (χ1) is 18.7. The maximum Gasteiger partial charge on any atom is 0.457 e. The highest BCUT2D eigenvalue weighted by Gasteiger charge is 2.81. The maximum atomic E-state index is 14.8. The van der Waals surface area contributed by atoms with Crippen molar-refractivity contribution in [2.24, 2.45) is 0 Å². The molecule has 0 radical (unpaired) electrons. The van der Waals surface area contributed by atoms with Gasteiger partial charge in [0, 0.05) is 20.4 Å². The fraction of sp³-hybridized carbons (Fsp3) is 0.167. The number of halogens is 13. The number of nitrogens with zero attached hydrogens (tertiary/aromatic N) is 1. The van der Waals surface area contributed by atoms with E-state index in [1.54, 1.807) is 0 Å². The summed E-state index contributed by atoms with van der Waals surface area (Å²) in [6.07, 6.45) is -13.6. The third kappa shape index (κ3) is 6.09. The number of alkyl halides is 9. The predicted molar refractivity (Wildman–Crippen MR) is 141 cm³/mol. The Bertz CT molecular complexity index is 1470. The van der Waals surface area contributed by atoms with E-state index in [1.165, 1.54) is 63.7 Å². The Morgan fingerprint density at radius 1 is 0.756 bits per heavy atom. The fourth-order valence-electron chi connectivity index (χ4n) is 3.46. The molecule has 3 aromatic rings. The molecule has 3 rings (SSSR count). The van der Waals surface area contributed by atoms with Gasteiger partial charge >= 0.3 is 23.9 Å². The van der Waals surface area contributed by atoms with Gasteiger partial charge in [0.05, 0.1) is 28.6 Å². The Morgan fingerprint density at radius 2 is 1.32 bits per heavy atom. The maximum absolute atomic E-state index is 14.8. The molecule has 1 unspecified atom stereocenters. The van der Waals surface area contributed by atoms with E-state index in [-0.39, 0.29) is 29.1 Å². The minimum Gasteiger partial charge on any atom is -0.322 e. The van der Waals surface area contributed by atoms with Gasteiger partial charge in [0.2, 0.25) is 0 Å². The summed E-state index contributed by atoms with van der Waals surface area (Å²) in [4.78, 5) is 25.3. The summed E-state index contributed by atoms with van der Waals surface area (Å²) in [6, 6.07) is 8.16. The molecular formula is C24H11F11I2N2O2. The van der Waals surface area contributed by atoms with Crippen LogP contribution in [0.25, 0.3) is 0 Å². The highest BCUT2D eigenvalue weighted by molar-refractivity contribution is 14.1. The van der Waals surface area contributed by atoms with Gasteiger partial charge < -0.3 is 5.32 Å². The largest absolute Gasteiger partial charge is 0.457 e. The van der Waals surface area contributed by atoms with Crippen molar-refractivity contribution in [3.05, 3.63) is 92.6 Å². The summed E-state index contributed by atoms with van der Waals surface area (Å²) in [5.74, 6) is -11.3. The molecule has 0 bridgehead atoms. The van der Waals surface area contributed by atoms with Crippen molar-refractivity contribution in [1.29, 1.82) is 0 Å². The number of amides is 2. The quantitative estimate of drug-likeness (QED) is 0.154. The van der Waals surface area contributed by atoms with Crippen molar-refractivity contribution in [1.82, 2.24) is 0 Å². The lowest BCUT2D eigenvalue weighted by Crippen LogP contribution is -2.59. The van der Waals surface area contributed by atoms with Gasteiger partial charge in [-0.1, -0.05) is 18.2 Å². The Kier molecular flexibility index (Phi) is 9.22. The van der Waals surface area contributed by atoms with Crippen molar-refractivity contribution >= 4 is 68.6 Å². The zero-order chi connectivity index (χ0) is 31.1. The summed E-state index contributed by atoms with van der Waals surface area (Å²) in [5, 5.41) is 2.18. The number of benzene rings is 3. The van der Waals surface area contributed by atoms with E-state index in [2.05, 4.69) is 5.32 Å². The van der Waals surface area contributed by atoms with Gasteiger partial charge in [0.15, 0.2) is 0 Å². The smallest absolute Gasteiger partial charge is 0.322 e. The highest BCUT2D eigenvalue weighted by atomic mass is 127. The van der Waals surface area contributed by atoms with E-state index in [1.807, 2.05) is 0 Å². The van der Waals surface area contributed by atoms with Gasteiger partial charge in [0.1, 0.15) is 17.2 Å². The summed E-state index contributed by atoms with van der Waals surface area (Å²) in [6.45, 7) is 0. The van der Waals surface area contributed by atoms with E-state index < -0.39 is 62.1 Å². The zero-order valence-corrected chi connectivity index (χ0v) is 23.8. The summed E-state index contributed by atoms with van der Waals surface area (Å²) >= 11 is 2.56. The molecule has 0 aliphatic carbocycles. The molecule has 0 aromatic heterocycles. The number of hydrogen-bond donors (Lipinski definition) is 1. The first kappa shape index (κ1) is 32.8. The average Bonchev–Trinajstić information content (AvgIpc) is 2.85. The zero-order valence-electron chi connectivity index (χ0n) is 19.5. The molecule has 0 aliphatic rings. The lowest BCUT2D eigenvalue weighted by atomic mass is 9.87. The first-order valence-electron chi connectivity index (χ1n) is 10.6. The normalized spacial score (nSPS) is 13.9. The minimum absolute atomic E-state index is 0.0448. The number of hydrogen-bond acceptors (Lipinski definition) is 2. The molecule has 0 aliphatic heterocycles. The molecule has 4 nitrogen and oxygen atoms in total. The van der Waals surface area contributed by atoms with Crippen LogP contribution < -0.4 is 8.43 Å². The van der Waals surface area contributed by atoms with Crippen LogP contribution in [0.3, 0.4) is 0 Å². The van der Waals surface area contributed by atoms with Crippen LogP contribution in [0.15, 0.2) is 60.7 Å². The Hall–Kier alpha value is -2.71. The molecule has 3 aromatic carbocycles. The molecule has 1 N–H and O–H groups in total. The SMILES string of the molecule is O=C(Nc1cccc(C(=O)N(I)c2ccc(C(F)(C(F)(F)F)C(F)(F)C(F)(F)F)cc2I)c1)c1c(F)cccc1F. The van der Waals surface area contributed by atoms with Crippen LogP contribution in [0.1, 0.15) is 26.3 Å². The van der Waals surface area contributed by atoms with Gasteiger partial charge in [-0.2, -0.15) is 35.1 Å². The van der Waals surface area contributed by atoms with Gasteiger partial charge in [-0.05, 0) is 65.1 Å². The second-order valence-corrected chi connectivity index (χ2v) is 10.2. The number of carbonyl (C=O) groups is 2. The monoisotopic (exact) mass is 822 g/mol. The topological polar surface area (TPSA) is 49.4 Å². The molecule has 2 amide bonds. The standard InChI is InChI=1S/C24H11F11I2N2O2/c25-14-5-2-6-15(26)18(14)19(40)38-13-4-1-3-11(9-13)20(41)39(37)17-8-7-12(10-16(17)36)21(27,23(30,31)32)22(28,29)24(33,34)35/h1-10H,(H,38,40). The minimum atomic E-state index is -6.90. The van der Waals surface area contributed by atoms with Crippen LogP contribution in [0.5, 0.6) is 0 Å². The molecule has 0 heterocycles. The lowest BCUT2D eigenvalue weighted by Gasteiger charge is -2.36. The number of carbonyl (C=O) groups excluding carboxylic acids is 2. The van der Waals surface area contributed by atoms with Crippen molar-refractivity contribution in [2.75, 3.05) is 8.43 Å². The van der Waals surface area contributed by atoms with E-state index >= 15 is 0 Å². The lowest BCUT2D eigenvalue weighted by molar-refractivity contribution is -0.389. The fourth-order valence-corrected chi connectivity index (χ4v) is 5.38. The Labute approximate surface area is 250 Å². The third-order valence-electron chi connectivity index (χ3n) is 5.47. The molecule has 220 valence electrons. The Balaban J connectivity index is 1.93. The van der Waals surface area contributed by atoms with Crippen LogP contribution in [-0.2, 0) is 5.67 Å². The van der Waals surface area contributed by atoms with E-state index in [4.69, 9.17) is 0 Å². The number of nitrogens with one attached hydrogen (secondary N) is 1. The molecule has 0 spiro atoms. The molecule has 17 heteroatoms. The van der Waals surface area contributed by atoms with Crippen LogP contribution in [-0.4, -0.2) is 30.1 Å². The van der Waals surface area contributed by atoms with E-state index in [0.29, 0.717) is 6.07 Å².